The number of aromatic nitrogens is 1. The molecule has 1 aliphatic rings. The second-order valence-corrected chi connectivity index (χ2v) is 4.19. The monoisotopic (exact) mass is 252 g/mol. The highest BCUT2D eigenvalue weighted by atomic mass is 16.4. The molecular formula is C15H12N2O2. The zero-order valence-corrected chi connectivity index (χ0v) is 10.1. The van der Waals surface area contributed by atoms with Crippen molar-refractivity contribution in [1.82, 2.24) is 10.3 Å². The molecule has 0 unspecified atom stereocenters. The minimum absolute atomic E-state index is 0.198. The molecule has 0 fully saturated rings. The van der Waals surface area contributed by atoms with Gasteiger partial charge in [0.15, 0.2) is 0 Å². The van der Waals surface area contributed by atoms with Crippen molar-refractivity contribution in [2.24, 2.45) is 0 Å². The molecule has 0 bridgehead atoms. The van der Waals surface area contributed by atoms with Gasteiger partial charge in [0.25, 0.3) is 0 Å². The number of fused-ring (bicyclic) bond motifs is 1. The van der Waals surface area contributed by atoms with Crippen LogP contribution in [0.15, 0.2) is 54.8 Å². The molecule has 3 rings (SSSR count). The quantitative estimate of drug-likeness (QED) is 0.770. The summed E-state index contributed by atoms with van der Waals surface area (Å²) in [4.78, 5) is 14.4. The molecule has 4 nitrogen and oxygen atoms in total. The van der Waals surface area contributed by atoms with Crippen molar-refractivity contribution in [2.75, 3.05) is 0 Å². The van der Waals surface area contributed by atoms with Crippen LogP contribution in [-0.4, -0.2) is 16.1 Å². The van der Waals surface area contributed by atoms with Gasteiger partial charge in [0.2, 0.25) is 0 Å². The maximum atomic E-state index is 11.4. The number of aromatic amines is 1. The van der Waals surface area contributed by atoms with E-state index in [0.717, 1.165) is 16.6 Å². The van der Waals surface area contributed by atoms with E-state index in [0.29, 0.717) is 5.56 Å². The fourth-order valence-corrected chi connectivity index (χ4v) is 2.20. The molecule has 1 aromatic heterocycles. The van der Waals surface area contributed by atoms with Crippen LogP contribution in [0.25, 0.3) is 16.6 Å². The molecule has 1 aliphatic heterocycles. The number of carbonyl (C=O) groups is 1. The van der Waals surface area contributed by atoms with Crippen LogP contribution < -0.4 is 5.32 Å². The summed E-state index contributed by atoms with van der Waals surface area (Å²) >= 11 is 0. The van der Waals surface area contributed by atoms with Gasteiger partial charge in [-0.05, 0) is 18.2 Å². The third-order valence-electron chi connectivity index (χ3n) is 3.01. The van der Waals surface area contributed by atoms with Crippen molar-refractivity contribution in [3.8, 4) is 0 Å². The van der Waals surface area contributed by atoms with Gasteiger partial charge in [-0.15, -0.1) is 0 Å². The average molecular weight is 252 g/mol. The molecule has 2 heterocycles. The fourth-order valence-electron chi connectivity index (χ4n) is 2.20. The molecular weight excluding hydrogens is 240 g/mol. The number of para-hydroxylation sites is 1. The van der Waals surface area contributed by atoms with Gasteiger partial charge in [0.05, 0.1) is 0 Å². The Bertz CT molecular complexity index is 736. The van der Waals surface area contributed by atoms with E-state index >= 15 is 0 Å². The fraction of sp³-hybridized carbons (Fsp3) is 0. The summed E-state index contributed by atoms with van der Waals surface area (Å²) in [5.41, 5.74) is 2.46. The molecule has 3 N–H and O–H groups in total. The number of hydrogen-bond donors (Lipinski definition) is 3. The topological polar surface area (TPSA) is 65.1 Å². The first-order valence-corrected chi connectivity index (χ1v) is 5.92. The van der Waals surface area contributed by atoms with E-state index in [9.17, 15) is 9.90 Å². The SMILES string of the molecule is O=C(O)c1[nH]c2ccccc2c1C1=CC=CC=CN1. The first kappa shape index (κ1) is 11.3. The van der Waals surface area contributed by atoms with Crippen LogP contribution in [0.4, 0.5) is 0 Å². The minimum atomic E-state index is -0.967. The van der Waals surface area contributed by atoms with E-state index in [1.165, 1.54) is 0 Å². The van der Waals surface area contributed by atoms with Crippen LogP contribution in [0.1, 0.15) is 16.1 Å². The van der Waals surface area contributed by atoms with Crippen molar-refractivity contribution in [3.63, 3.8) is 0 Å². The van der Waals surface area contributed by atoms with Crippen LogP contribution >= 0.6 is 0 Å². The van der Waals surface area contributed by atoms with Gasteiger partial charge in [-0.2, -0.15) is 0 Å². The minimum Gasteiger partial charge on any atom is -0.477 e. The Labute approximate surface area is 109 Å². The van der Waals surface area contributed by atoms with E-state index in [1.807, 2.05) is 48.6 Å². The highest BCUT2D eigenvalue weighted by molar-refractivity contribution is 6.04. The predicted octanol–water partition coefficient (Wildman–Crippen LogP) is 2.88. The first-order chi connectivity index (χ1) is 9.27. The number of hydrogen-bond acceptors (Lipinski definition) is 2. The van der Waals surface area contributed by atoms with Gasteiger partial charge in [-0.25, -0.2) is 4.79 Å². The zero-order chi connectivity index (χ0) is 13.2. The zero-order valence-electron chi connectivity index (χ0n) is 10.1. The third kappa shape index (κ3) is 1.93. The Balaban J connectivity index is 2.28. The number of carboxylic acid groups (broad SMARTS) is 1. The number of aromatic carboxylic acids is 1. The summed E-state index contributed by atoms with van der Waals surface area (Å²) in [5.74, 6) is -0.967. The summed E-state index contributed by atoms with van der Waals surface area (Å²) in [6.45, 7) is 0. The normalized spacial score (nSPS) is 14.0. The summed E-state index contributed by atoms with van der Waals surface area (Å²) in [6.07, 6.45) is 9.26. The van der Waals surface area contributed by atoms with Crippen molar-refractivity contribution < 1.29 is 9.90 Å². The Morgan fingerprint density at radius 3 is 2.79 bits per heavy atom. The Morgan fingerprint density at radius 1 is 1.11 bits per heavy atom. The molecule has 0 radical (unpaired) electrons. The molecule has 0 saturated heterocycles. The smallest absolute Gasteiger partial charge is 0.353 e. The number of H-pyrrole nitrogens is 1. The lowest BCUT2D eigenvalue weighted by Crippen LogP contribution is -2.08. The van der Waals surface area contributed by atoms with Crippen molar-refractivity contribution in [1.29, 1.82) is 0 Å². The molecule has 0 amide bonds. The largest absolute Gasteiger partial charge is 0.477 e. The molecule has 0 spiro atoms. The van der Waals surface area contributed by atoms with Gasteiger partial charge < -0.3 is 15.4 Å². The highest BCUT2D eigenvalue weighted by Crippen LogP contribution is 2.28. The number of allylic oxidation sites excluding steroid dienone is 4. The second-order valence-electron chi connectivity index (χ2n) is 4.19. The van der Waals surface area contributed by atoms with Crippen LogP contribution in [0.5, 0.6) is 0 Å². The lowest BCUT2D eigenvalue weighted by molar-refractivity contribution is 0.0691. The number of nitrogens with one attached hydrogen (secondary N) is 2. The van der Waals surface area contributed by atoms with Gasteiger partial charge in [0, 0.05) is 28.4 Å². The van der Waals surface area contributed by atoms with Gasteiger partial charge in [0.1, 0.15) is 5.69 Å². The lowest BCUT2D eigenvalue weighted by Gasteiger charge is -2.06. The molecule has 0 saturated carbocycles. The summed E-state index contributed by atoms with van der Waals surface area (Å²) in [7, 11) is 0. The van der Waals surface area contributed by atoms with Crippen LogP contribution in [-0.2, 0) is 0 Å². The van der Waals surface area contributed by atoms with Crippen molar-refractivity contribution >= 4 is 22.6 Å². The molecule has 94 valence electrons. The highest BCUT2D eigenvalue weighted by Gasteiger charge is 2.19. The number of benzene rings is 1. The van der Waals surface area contributed by atoms with E-state index < -0.39 is 5.97 Å². The van der Waals surface area contributed by atoms with Gasteiger partial charge >= 0.3 is 5.97 Å². The summed E-state index contributed by atoms with van der Waals surface area (Å²) < 4.78 is 0. The molecule has 4 heteroatoms. The predicted molar refractivity (Wildman–Crippen MR) is 74.7 cm³/mol. The molecule has 0 aliphatic carbocycles. The second kappa shape index (κ2) is 4.49. The maximum Gasteiger partial charge on any atom is 0.353 e. The molecule has 2 aromatic rings. The molecule has 19 heavy (non-hydrogen) atoms. The van der Waals surface area contributed by atoms with E-state index in [4.69, 9.17) is 0 Å². The summed E-state index contributed by atoms with van der Waals surface area (Å²) in [5, 5.41) is 13.3. The standard InChI is InChI=1S/C15H12N2O2/c18-15(19)14-13(12-8-2-1-5-9-16-12)10-6-3-4-7-11(10)17-14/h1-9,16-17H,(H,18,19). The first-order valence-electron chi connectivity index (χ1n) is 5.92. The summed E-state index contributed by atoms with van der Waals surface area (Å²) in [6, 6.07) is 7.56. The van der Waals surface area contributed by atoms with Gasteiger partial charge in [-0.3, -0.25) is 0 Å². The van der Waals surface area contributed by atoms with Crippen LogP contribution in [0, 0.1) is 0 Å². The third-order valence-corrected chi connectivity index (χ3v) is 3.01. The van der Waals surface area contributed by atoms with E-state index in [-0.39, 0.29) is 5.69 Å². The number of carboxylic acids is 1. The number of rotatable bonds is 2. The average Bonchev–Trinajstić information content (AvgIpc) is 2.60. The Hall–Kier alpha value is -2.75. The van der Waals surface area contributed by atoms with Crippen LogP contribution in [0.3, 0.4) is 0 Å². The lowest BCUT2D eigenvalue weighted by atomic mass is 10.1. The van der Waals surface area contributed by atoms with Crippen molar-refractivity contribution in [3.05, 3.63) is 66.0 Å². The van der Waals surface area contributed by atoms with Crippen LogP contribution in [0.2, 0.25) is 0 Å². The van der Waals surface area contributed by atoms with E-state index in [2.05, 4.69) is 10.3 Å². The van der Waals surface area contributed by atoms with E-state index in [1.54, 1.807) is 6.20 Å². The Kier molecular flexibility index (Phi) is 2.68. The van der Waals surface area contributed by atoms with Gasteiger partial charge in [-0.1, -0.05) is 30.4 Å². The maximum absolute atomic E-state index is 11.4. The Morgan fingerprint density at radius 2 is 1.95 bits per heavy atom. The molecule has 0 atom stereocenters. The van der Waals surface area contributed by atoms with Crippen molar-refractivity contribution in [2.45, 2.75) is 0 Å². The molecule has 1 aromatic carbocycles.